The normalized spacial score (nSPS) is 24.8. The first-order valence-corrected chi connectivity index (χ1v) is 26.0. The van der Waals surface area contributed by atoms with Crippen LogP contribution in [0, 0.1) is 0 Å². The smallest absolute Gasteiger partial charge is 0.257 e. The average molecular weight is 912 g/mol. The topological polar surface area (TPSA) is 19.6 Å². The fraction of sp³-hybridized carbons (Fsp3) is 0.415. The molecule has 2 bridgehead atoms. The Hall–Kier alpha value is -5.48. The summed E-state index contributed by atoms with van der Waals surface area (Å²) in [5.41, 5.74) is 19.5. The van der Waals surface area contributed by atoms with E-state index in [-0.39, 0.29) is 74.4 Å². The number of benzene rings is 6. The van der Waals surface area contributed by atoms with E-state index >= 15 is 0 Å². The van der Waals surface area contributed by atoms with Gasteiger partial charge in [-0.05, 0) is 198 Å². The van der Waals surface area contributed by atoms with Crippen molar-refractivity contribution in [1.82, 2.24) is 0 Å². The van der Waals surface area contributed by atoms with E-state index in [0.29, 0.717) is 5.56 Å². The maximum atomic E-state index is 9.50. The monoisotopic (exact) mass is 912 g/mol. The zero-order valence-electron chi connectivity index (χ0n) is 48.3. The van der Waals surface area contributed by atoms with Crippen molar-refractivity contribution in [2.24, 2.45) is 0 Å². The van der Waals surface area contributed by atoms with E-state index in [9.17, 15) is 2.74 Å². The first-order chi connectivity index (χ1) is 34.6. The molecule has 0 saturated heterocycles. The van der Waals surface area contributed by atoms with Gasteiger partial charge in [-0.1, -0.05) is 144 Å². The van der Waals surface area contributed by atoms with Crippen molar-refractivity contribution >= 4 is 68.4 Å². The van der Waals surface area contributed by atoms with Crippen LogP contribution in [0.4, 0.5) is 34.3 Å². The molecule has 7 aromatic rings. The van der Waals surface area contributed by atoms with Crippen LogP contribution >= 0.6 is 0 Å². The van der Waals surface area contributed by atoms with Crippen molar-refractivity contribution in [3.63, 3.8) is 0 Å². The maximum absolute atomic E-state index is 9.50. The molecule has 4 aliphatic carbocycles. The Morgan fingerprint density at radius 2 is 1.04 bits per heavy atom. The highest BCUT2D eigenvalue weighted by atomic mass is 16.4. The van der Waals surface area contributed by atoms with Gasteiger partial charge in [0.2, 0.25) is 5.88 Å². The number of furan rings is 1. The van der Waals surface area contributed by atoms with Crippen LogP contribution in [-0.4, -0.2) is 6.71 Å². The van der Waals surface area contributed by atoms with E-state index in [0.717, 1.165) is 88.3 Å². The predicted octanol–water partition coefficient (Wildman–Crippen LogP) is 15.9. The maximum Gasteiger partial charge on any atom is 0.257 e. The molecular weight excluding hydrogens is 836 g/mol. The second-order valence-electron chi connectivity index (χ2n) is 26.6. The molecular formula is C65H71BN2O. The van der Waals surface area contributed by atoms with E-state index in [1.54, 1.807) is 0 Å². The first kappa shape index (κ1) is 38.3. The summed E-state index contributed by atoms with van der Waals surface area (Å²) in [7, 11) is 0. The van der Waals surface area contributed by atoms with E-state index in [2.05, 4.69) is 179 Å². The van der Waals surface area contributed by atoms with Gasteiger partial charge in [-0.3, -0.25) is 4.90 Å². The minimum atomic E-state index is -0.399. The van der Waals surface area contributed by atoms with Crippen molar-refractivity contribution < 1.29 is 11.3 Å². The lowest BCUT2D eigenvalue weighted by Crippen LogP contribution is -2.61. The fourth-order valence-electron chi connectivity index (χ4n) is 14.6. The van der Waals surface area contributed by atoms with Crippen LogP contribution in [0.1, 0.15) is 181 Å². The molecule has 1 saturated carbocycles. The summed E-state index contributed by atoms with van der Waals surface area (Å²) in [6.07, 6.45) is 7.84. The fourth-order valence-corrected chi connectivity index (χ4v) is 14.6. The summed E-state index contributed by atoms with van der Waals surface area (Å²) in [5.74, 6) is 0.777. The molecule has 2 aliphatic heterocycles. The van der Waals surface area contributed by atoms with Gasteiger partial charge in [0.25, 0.3) is 6.71 Å². The lowest BCUT2D eigenvalue weighted by atomic mass is 9.33. The summed E-state index contributed by atoms with van der Waals surface area (Å²) >= 11 is 0. The second kappa shape index (κ2) is 13.7. The first-order valence-electron chi connectivity index (χ1n) is 28.5. The minimum Gasteiger partial charge on any atom is -0.440 e. The number of hydrogen-bond acceptors (Lipinski definition) is 3. The van der Waals surface area contributed by atoms with Crippen LogP contribution < -0.4 is 26.2 Å². The number of fused-ring (bicyclic) bond motifs is 13. The summed E-state index contributed by atoms with van der Waals surface area (Å²) in [6.45, 7) is 30.6. The van der Waals surface area contributed by atoms with Crippen molar-refractivity contribution in [2.75, 3.05) is 9.80 Å². The van der Waals surface area contributed by atoms with Crippen LogP contribution in [0.5, 0.6) is 0 Å². The van der Waals surface area contributed by atoms with Gasteiger partial charge in [0.15, 0.2) is 0 Å². The second-order valence-corrected chi connectivity index (χ2v) is 26.6. The molecule has 0 radical (unpaired) electrons. The molecule has 6 aliphatic rings. The van der Waals surface area contributed by atoms with Gasteiger partial charge in [0.05, 0.1) is 6.85 Å². The van der Waals surface area contributed by atoms with Gasteiger partial charge in [-0.25, -0.2) is 0 Å². The van der Waals surface area contributed by atoms with Gasteiger partial charge in [-0.15, -0.1) is 0 Å². The zero-order valence-corrected chi connectivity index (χ0v) is 43.3. The summed E-state index contributed by atoms with van der Waals surface area (Å²) in [5, 5.41) is 1.15. The van der Waals surface area contributed by atoms with Gasteiger partial charge < -0.3 is 9.32 Å². The molecule has 1 fully saturated rings. The van der Waals surface area contributed by atoms with E-state index in [1.807, 2.05) is 0 Å². The largest absolute Gasteiger partial charge is 0.440 e. The quantitative estimate of drug-likeness (QED) is 0.165. The zero-order chi connectivity index (χ0) is 52.5. The van der Waals surface area contributed by atoms with Crippen molar-refractivity contribution in [2.45, 2.75) is 173 Å². The Bertz CT molecular complexity index is 3640. The highest BCUT2D eigenvalue weighted by Gasteiger charge is 2.54. The van der Waals surface area contributed by atoms with Gasteiger partial charge in [-0.2, -0.15) is 0 Å². The molecule has 4 heteroatoms. The number of hydrogen-bond donors (Lipinski definition) is 0. The van der Waals surface area contributed by atoms with Gasteiger partial charge >= 0.3 is 0 Å². The van der Waals surface area contributed by atoms with E-state index in [1.165, 1.54) is 57.2 Å². The summed E-state index contributed by atoms with van der Waals surface area (Å²) < 4.78 is 53.2. The molecule has 3 heterocycles. The number of rotatable bonds is 3. The Morgan fingerprint density at radius 3 is 1.62 bits per heavy atom. The molecule has 0 N–H and O–H groups in total. The van der Waals surface area contributed by atoms with Crippen LogP contribution in [0.3, 0.4) is 0 Å². The Kier molecular flexibility index (Phi) is 7.59. The highest BCUT2D eigenvalue weighted by Crippen LogP contribution is 2.62. The number of anilines is 6. The standard InChI is InChI=1S/C65H71BN2O/c1-59(2,3)41-19-24-52-51(33-41)66-56-44-36-49-50(65(13)30-29-64(49,12)38-65)37-55(44)69-58(56)68(43-21-23-46-48(35-43)63(10,11)28-26-61(46,6)7)54-32-40(39-17-15-14-16-18-39)31-53(57(54)66)67(52)42-20-22-45-47(34-42)62(8,9)27-25-60(45,4)5/h14-24,31-37H,25-30,38H2,1-13H3/i14D,15D,16D,17D,18D. The molecule has 0 amide bonds. The van der Waals surface area contributed by atoms with Gasteiger partial charge in [0.1, 0.15) is 5.58 Å². The SMILES string of the molecule is [2H]c1c([2H])c([2H])c(-c2cc3c4c(c2)N(c2ccc5c(c2)C(C)(C)CCC5(C)C)c2oc5cc6c(cc5c2B4c2cc(C(C)(C)C)ccc2N3c2ccc3c(c2)C(C)(C)CCC3(C)C)C2(C)CCC6(C)C2)c([2H])c1[2H]. The van der Waals surface area contributed by atoms with Crippen LogP contribution in [-0.2, 0) is 37.9 Å². The van der Waals surface area contributed by atoms with Crippen molar-refractivity contribution in [3.8, 4) is 11.1 Å². The van der Waals surface area contributed by atoms with E-state index < -0.39 is 6.04 Å². The molecule has 1 aromatic heterocycles. The average Bonchev–Trinajstić information content (AvgIpc) is 3.95. The van der Waals surface area contributed by atoms with Crippen molar-refractivity contribution in [1.29, 1.82) is 0 Å². The van der Waals surface area contributed by atoms with E-state index in [4.69, 9.17) is 8.53 Å². The molecule has 350 valence electrons. The Morgan fingerprint density at radius 1 is 0.507 bits per heavy atom. The van der Waals surface area contributed by atoms with Crippen LogP contribution in [0.15, 0.2) is 113 Å². The van der Waals surface area contributed by atoms with Crippen LogP contribution in [0.25, 0.3) is 22.1 Å². The number of nitrogens with zero attached hydrogens (tertiary/aromatic N) is 2. The molecule has 13 rings (SSSR count). The minimum absolute atomic E-state index is 0.000736. The Balaban J connectivity index is 1.20. The third-order valence-corrected chi connectivity index (χ3v) is 19.0. The van der Waals surface area contributed by atoms with Gasteiger partial charge in [0, 0.05) is 39.3 Å². The summed E-state index contributed by atoms with van der Waals surface area (Å²) in [6, 6.07) is 28.9. The summed E-state index contributed by atoms with van der Waals surface area (Å²) in [4.78, 5) is 4.79. The van der Waals surface area contributed by atoms with Crippen molar-refractivity contribution in [3.05, 3.63) is 148 Å². The van der Waals surface area contributed by atoms with Crippen LogP contribution in [0.2, 0.25) is 0 Å². The molecule has 3 nitrogen and oxygen atoms in total. The third kappa shape index (κ3) is 6.05. The highest BCUT2D eigenvalue weighted by molar-refractivity contribution is 7.01. The molecule has 2 atom stereocenters. The predicted molar refractivity (Wildman–Crippen MR) is 293 cm³/mol. The Labute approximate surface area is 419 Å². The molecule has 69 heavy (non-hydrogen) atoms. The molecule has 6 aromatic carbocycles. The lowest BCUT2D eigenvalue weighted by molar-refractivity contribution is 0.332. The lowest BCUT2D eigenvalue weighted by Gasteiger charge is -2.45. The molecule has 0 spiro atoms. The molecule has 2 unspecified atom stereocenters. The third-order valence-electron chi connectivity index (χ3n) is 19.0.